The van der Waals surface area contributed by atoms with E-state index in [0.29, 0.717) is 18.2 Å². The molecule has 148 valence electrons. The molecule has 1 fully saturated rings. The van der Waals surface area contributed by atoms with E-state index in [1.807, 2.05) is 31.2 Å². The highest BCUT2D eigenvalue weighted by molar-refractivity contribution is 6.15. The average molecular weight is 373 g/mol. The van der Waals surface area contributed by atoms with Gasteiger partial charge in [0, 0.05) is 12.2 Å². The first-order chi connectivity index (χ1) is 12.9. The molecule has 0 unspecified atom stereocenters. The predicted molar refractivity (Wildman–Crippen MR) is 107 cm³/mol. The Morgan fingerprint density at radius 3 is 2.44 bits per heavy atom. The minimum absolute atomic E-state index is 0.228. The molecule has 0 aliphatic carbocycles. The highest BCUT2D eigenvalue weighted by Gasteiger charge is 2.43. The van der Waals surface area contributed by atoms with Crippen molar-refractivity contribution in [3.8, 4) is 0 Å². The summed E-state index contributed by atoms with van der Waals surface area (Å²) < 4.78 is 0. The van der Waals surface area contributed by atoms with Crippen LogP contribution in [0.4, 0.5) is 10.5 Å². The van der Waals surface area contributed by atoms with Crippen LogP contribution in [0, 0.1) is 12.8 Å². The molecule has 1 aliphatic rings. The third-order valence-electron chi connectivity index (χ3n) is 5.19. The summed E-state index contributed by atoms with van der Waals surface area (Å²) in [7, 11) is 0. The third-order valence-corrected chi connectivity index (χ3v) is 5.19. The molecule has 1 aromatic rings. The van der Waals surface area contributed by atoms with Crippen molar-refractivity contribution in [1.29, 1.82) is 0 Å². The quantitative estimate of drug-likeness (QED) is 0.674. The van der Waals surface area contributed by atoms with Crippen molar-refractivity contribution >= 4 is 23.5 Å². The molecule has 0 spiro atoms. The number of unbranched alkanes of at least 4 members (excludes halogenated alkanes) is 1. The average Bonchev–Trinajstić information content (AvgIpc) is 2.86. The zero-order chi connectivity index (χ0) is 20.0. The van der Waals surface area contributed by atoms with Crippen LogP contribution in [0.2, 0.25) is 0 Å². The fourth-order valence-electron chi connectivity index (χ4n) is 3.31. The van der Waals surface area contributed by atoms with Crippen molar-refractivity contribution in [2.24, 2.45) is 5.92 Å². The van der Waals surface area contributed by atoms with Crippen molar-refractivity contribution < 1.29 is 14.4 Å². The van der Waals surface area contributed by atoms with Gasteiger partial charge in [-0.2, -0.15) is 0 Å². The minimum atomic E-state index is -0.610. The number of carbonyl (C=O) groups is 3. The van der Waals surface area contributed by atoms with Gasteiger partial charge in [0.15, 0.2) is 0 Å². The first-order valence-corrected chi connectivity index (χ1v) is 9.86. The van der Waals surface area contributed by atoms with E-state index in [4.69, 9.17) is 0 Å². The van der Waals surface area contributed by atoms with Gasteiger partial charge in [-0.15, -0.1) is 0 Å². The number of rotatable bonds is 9. The molecule has 0 aromatic heterocycles. The Labute approximate surface area is 161 Å². The lowest BCUT2D eigenvalue weighted by Crippen LogP contribution is -2.42. The number of hydrogen-bond donors (Lipinski definition) is 1. The molecule has 0 bridgehead atoms. The largest absolute Gasteiger partial charge is 0.354 e. The van der Waals surface area contributed by atoms with Crippen LogP contribution in [0.5, 0.6) is 0 Å². The van der Waals surface area contributed by atoms with Crippen LogP contribution in [-0.4, -0.2) is 41.9 Å². The zero-order valence-electron chi connectivity index (χ0n) is 16.8. The van der Waals surface area contributed by atoms with E-state index in [1.165, 1.54) is 4.90 Å². The van der Waals surface area contributed by atoms with Crippen LogP contribution in [0.3, 0.4) is 0 Å². The third kappa shape index (κ3) is 5.08. The number of hydrogen-bond acceptors (Lipinski definition) is 3. The normalized spacial score (nSPS) is 18.1. The fourth-order valence-corrected chi connectivity index (χ4v) is 3.31. The number of carbonyl (C=O) groups excluding carboxylic acids is 3. The van der Waals surface area contributed by atoms with Crippen molar-refractivity contribution in [1.82, 2.24) is 10.2 Å². The molecule has 0 radical (unpaired) electrons. The van der Waals surface area contributed by atoms with Crippen LogP contribution < -0.4 is 10.2 Å². The van der Waals surface area contributed by atoms with Crippen LogP contribution in [0.25, 0.3) is 0 Å². The van der Waals surface area contributed by atoms with Crippen LogP contribution in [-0.2, 0) is 9.59 Å². The maximum atomic E-state index is 12.7. The molecule has 4 amide bonds. The van der Waals surface area contributed by atoms with Crippen molar-refractivity contribution in [2.75, 3.05) is 18.0 Å². The number of nitrogens with zero attached hydrogens (tertiary/aromatic N) is 2. The van der Waals surface area contributed by atoms with Crippen molar-refractivity contribution in [2.45, 2.75) is 59.4 Å². The van der Waals surface area contributed by atoms with Gasteiger partial charge in [-0.1, -0.05) is 50.8 Å². The van der Waals surface area contributed by atoms with E-state index in [2.05, 4.69) is 19.2 Å². The second kappa shape index (κ2) is 9.53. The number of aryl methyl sites for hydroxylation is 1. The summed E-state index contributed by atoms with van der Waals surface area (Å²) in [6, 6.07) is 6.39. The Bertz CT molecular complexity index is 672. The lowest BCUT2D eigenvalue weighted by molar-refractivity contribution is -0.131. The zero-order valence-corrected chi connectivity index (χ0v) is 16.8. The molecule has 6 heteroatoms. The Kier molecular flexibility index (Phi) is 7.39. The fraction of sp³-hybridized carbons (Fsp3) is 0.571. The number of benzene rings is 1. The van der Waals surface area contributed by atoms with E-state index in [-0.39, 0.29) is 18.4 Å². The molecule has 2 atom stereocenters. The molecule has 1 N–H and O–H groups in total. The van der Waals surface area contributed by atoms with Crippen molar-refractivity contribution in [3.63, 3.8) is 0 Å². The number of imide groups is 1. The van der Waals surface area contributed by atoms with Gasteiger partial charge in [0.05, 0.1) is 0 Å². The number of nitrogens with one attached hydrogen (secondary N) is 1. The van der Waals surface area contributed by atoms with Crippen LogP contribution in [0.15, 0.2) is 24.3 Å². The number of amides is 4. The predicted octanol–water partition coefficient (Wildman–Crippen LogP) is 3.48. The molecule has 1 saturated heterocycles. The summed E-state index contributed by atoms with van der Waals surface area (Å²) in [6.45, 7) is 8.27. The number of urea groups is 1. The molecule has 0 saturated carbocycles. The van der Waals surface area contributed by atoms with Gasteiger partial charge in [0.2, 0.25) is 5.91 Å². The summed E-state index contributed by atoms with van der Waals surface area (Å²) in [5.41, 5.74) is 1.74. The minimum Gasteiger partial charge on any atom is -0.354 e. The first kappa shape index (κ1) is 20.9. The Balaban J connectivity index is 1.97. The highest BCUT2D eigenvalue weighted by atomic mass is 16.2. The SMILES string of the molecule is CCCC[C@@H](CC)CNC(=O)CN1C(=O)[C@H](C)N(c2ccc(C)cc2)C1=O. The lowest BCUT2D eigenvalue weighted by Gasteiger charge is -2.20. The van der Waals surface area contributed by atoms with Crippen LogP contribution in [0.1, 0.15) is 52.0 Å². The summed E-state index contributed by atoms with van der Waals surface area (Å²) in [5, 5.41) is 2.88. The smallest absolute Gasteiger partial charge is 0.332 e. The van der Waals surface area contributed by atoms with E-state index in [0.717, 1.165) is 36.1 Å². The molecular formula is C21H31N3O3. The van der Waals surface area contributed by atoms with E-state index in [1.54, 1.807) is 6.92 Å². The molecule has 27 heavy (non-hydrogen) atoms. The van der Waals surface area contributed by atoms with E-state index < -0.39 is 12.1 Å². The molecule has 1 heterocycles. The molecule has 6 nitrogen and oxygen atoms in total. The summed E-state index contributed by atoms with van der Waals surface area (Å²) in [4.78, 5) is 40.1. The van der Waals surface area contributed by atoms with Gasteiger partial charge >= 0.3 is 6.03 Å². The second-order valence-corrected chi connectivity index (χ2v) is 7.31. The van der Waals surface area contributed by atoms with E-state index >= 15 is 0 Å². The van der Waals surface area contributed by atoms with Gasteiger partial charge in [0.25, 0.3) is 5.91 Å². The Morgan fingerprint density at radius 1 is 1.19 bits per heavy atom. The second-order valence-electron chi connectivity index (χ2n) is 7.31. The Morgan fingerprint density at radius 2 is 1.85 bits per heavy atom. The molecule has 1 aromatic carbocycles. The molecule has 1 aliphatic heterocycles. The van der Waals surface area contributed by atoms with E-state index in [9.17, 15) is 14.4 Å². The monoisotopic (exact) mass is 373 g/mol. The standard InChI is InChI=1S/C21H31N3O3/c1-5-7-8-17(6-2)13-22-19(25)14-23-20(26)16(4)24(21(23)27)18-11-9-15(3)10-12-18/h9-12,16-17H,5-8,13-14H2,1-4H3,(H,22,25)/t16-,17+/m0/s1. The Hall–Kier alpha value is -2.37. The number of anilines is 1. The maximum Gasteiger partial charge on any atom is 0.332 e. The van der Waals surface area contributed by atoms with Crippen molar-refractivity contribution in [3.05, 3.63) is 29.8 Å². The topological polar surface area (TPSA) is 69.7 Å². The maximum absolute atomic E-state index is 12.7. The summed E-state index contributed by atoms with van der Waals surface area (Å²) in [6.07, 6.45) is 4.35. The lowest BCUT2D eigenvalue weighted by atomic mass is 9.99. The van der Waals surface area contributed by atoms with Gasteiger partial charge < -0.3 is 5.32 Å². The highest BCUT2D eigenvalue weighted by Crippen LogP contribution is 2.25. The van der Waals surface area contributed by atoms with Gasteiger partial charge in [0.1, 0.15) is 12.6 Å². The van der Waals surface area contributed by atoms with Gasteiger partial charge in [-0.25, -0.2) is 4.79 Å². The summed E-state index contributed by atoms with van der Waals surface area (Å²) in [5.74, 6) is -0.194. The summed E-state index contributed by atoms with van der Waals surface area (Å²) >= 11 is 0. The van der Waals surface area contributed by atoms with Crippen LogP contribution >= 0.6 is 0 Å². The molecular weight excluding hydrogens is 342 g/mol. The molecule has 2 rings (SSSR count). The van der Waals surface area contributed by atoms with Gasteiger partial charge in [-0.3, -0.25) is 19.4 Å². The first-order valence-electron chi connectivity index (χ1n) is 9.86. The van der Waals surface area contributed by atoms with Gasteiger partial charge in [-0.05, 0) is 38.3 Å².